The van der Waals surface area contributed by atoms with Crippen LogP contribution >= 0.6 is 11.8 Å². The van der Waals surface area contributed by atoms with Crippen LogP contribution in [0.1, 0.15) is 38.8 Å². The molecule has 6 heteroatoms. The highest BCUT2D eigenvalue weighted by Crippen LogP contribution is 2.22. The minimum atomic E-state index is -0.703. The SMILES string of the molecule is Cc1cccc(OC(C)C(=O)NNC(=O)CSC(C)(C)C)c1C. The Labute approximate surface area is 142 Å². The number of aryl methyl sites for hydroxylation is 1. The number of hydrogen-bond acceptors (Lipinski definition) is 4. The van der Waals surface area contributed by atoms with Gasteiger partial charge in [0.25, 0.3) is 5.91 Å². The quantitative estimate of drug-likeness (QED) is 0.810. The second-order valence-electron chi connectivity index (χ2n) is 6.40. The number of nitrogens with one attached hydrogen (secondary N) is 2. The fraction of sp³-hybridized carbons (Fsp3) is 0.529. The predicted octanol–water partition coefficient (Wildman–Crippen LogP) is 2.75. The van der Waals surface area contributed by atoms with Crippen molar-refractivity contribution in [2.24, 2.45) is 0 Å². The Morgan fingerprint density at radius 1 is 1.22 bits per heavy atom. The van der Waals surface area contributed by atoms with E-state index in [1.54, 1.807) is 6.92 Å². The molecule has 0 aliphatic heterocycles. The number of hydrazine groups is 1. The Bertz CT molecular complexity index is 567. The second-order valence-corrected chi connectivity index (χ2v) is 8.20. The molecule has 1 aromatic rings. The standard InChI is InChI=1S/C17H26N2O3S/c1-11-8-7-9-14(12(11)2)22-13(3)16(21)19-18-15(20)10-23-17(4,5)6/h7-9,13H,10H2,1-6H3,(H,18,20)(H,19,21). The number of amides is 2. The van der Waals surface area contributed by atoms with Gasteiger partial charge in [-0.15, -0.1) is 11.8 Å². The highest BCUT2D eigenvalue weighted by Gasteiger charge is 2.18. The molecule has 1 unspecified atom stereocenters. The van der Waals surface area contributed by atoms with E-state index in [1.807, 2.05) is 52.8 Å². The van der Waals surface area contributed by atoms with E-state index < -0.39 is 6.10 Å². The minimum absolute atomic E-state index is 0.000444. The van der Waals surface area contributed by atoms with Crippen molar-refractivity contribution in [3.63, 3.8) is 0 Å². The van der Waals surface area contributed by atoms with Gasteiger partial charge in [0.05, 0.1) is 5.75 Å². The van der Waals surface area contributed by atoms with Gasteiger partial charge in [-0.05, 0) is 38.0 Å². The van der Waals surface area contributed by atoms with Gasteiger partial charge in [0.2, 0.25) is 5.91 Å². The van der Waals surface area contributed by atoms with Crippen LogP contribution in [0.4, 0.5) is 0 Å². The van der Waals surface area contributed by atoms with Crippen LogP contribution in [0, 0.1) is 13.8 Å². The summed E-state index contributed by atoms with van der Waals surface area (Å²) < 4.78 is 5.67. The fourth-order valence-electron chi connectivity index (χ4n) is 1.65. The molecule has 0 aliphatic carbocycles. The van der Waals surface area contributed by atoms with Crippen LogP contribution in [0.15, 0.2) is 18.2 Å². The summed E-state index contributed by atoms with van der Waals surface area (Å²) in [4.78, 5) is 23.7. The highest BCUT2D eigenvalue weighted by molar-refractivity contribution is 8.01. The average Bonchev–Trinajstić information content (AvgIpc) is 2.46. The summed E-state index contributed by atoms with van der Waals surface area (Å²) in [7, 11) is 0. The van der Waals surface area contributed by atoms with Gasteiger partial charge in [0.15, 0.2) is 6.10 Å². The molecular weight excluding hydrogens is 312 g/mol. The lowest BCUT2D eigenvalue weighted by molar-refractivity contribution is -0.131. The number of ether oxygens (including phenoxy) is 1. The van der Waals surface area contributed by atoms with Gasteiger partial charge in [-0.1, -0.05) is 32.9 Å². The van der Waals surface area contributed by atoms with Gasteiger partial charge in [0, 0.05) is 4.75 Å². The molecule has 5 nitrogen and oxygen atoms in total. The van der Waals surface area contributed by atoms with Crippen LogP contribution in [0.25, 0.3) is 0 Å². The third kappa shape index (κ3) is 6.95. The second kappa shape index (κ2) is 8.24. The van der Waals surface area contributed by atoms with E-state index in [0.717, 1.165) is 11.1 Å². The average molecular weight is 338 g/mol. The fourth-order valence-corrected chi connectivity index (χ4v) is 2.28. The molecule has 0 fully saturated rings. The Hall–Kier alpha value is -1.69. The maximum atomic E-state index is 12.0. The number of hydrogen-bond donors (Lipinski definition) is 2. The Kier molecular flexibility index (Phi) is 6.94. The van der Waals surface area contributed by atoms with E-state index in [2.05, 4.69) is 10.9 Å². The molecule has 128 valence electrons. The van der Waals surface area contributed by atoms with Crippen molar-refractivity contribution in [3.05, 3.63) is 29.3 Å². The molecule has 0 bridgehead atoms. The van der Waals surface area contributed by atoms with Crippen LogP contribution in [-0.2, 0) is 9.59 Å². The molecule has 0 aliphatic rings. The number of carbonyl (C=O) groups excluding carboxylic acids is 2. The molecule has 2 N–H and O–H groups in total. The zero-order valence-electron chi connectivity index (χ0n) is 14.6. The van der Waals surface area contributed by atoms with Gasteiger partial charge < -0.3 is 4.74 Å². The molecule has 0 radical (unpaired) electrons. The summed E-state index contributed by atoms with van der Waals surface area (Å²) in [6.07, 6.45) is -0.703. The topological polar surface area (TPSA) is 67.4 Å². The third-order valence-electron chi connectivity index (χ3n) is 3.19. The van der Waals surface area contributed by atoms with Crippen molar-refractivity contribution in [2.75, 3.05) is 5.75 Å². The van der Waals surface area contributed by atoms with E-state index in [1.165, 1.54) is 11.8 Å². The Balaban J connectivity index is 2.45. The first kappa shape index (κ1) is 19.4. The summed E-state index contributed by atoms with van der Waals surface area (Å²) in [6.45, 7) is 11.7. The minimum Gasteiger partial charge on any atom is -0.481 e. The summed E-state index contributed by atoms with van der Waals surface area (Å²) in [5.41, 5.74) is 6.90. The Morgan fingerprint density at radius 2 is 1.87 bits per heavy atom. The molecule has 1 atom stereocenters. The predicted molar refractivity (Wildman–Crippen MR) is 94.5 cm³/mol. The molecule has 0 saturated carbocycles. The molecule has 1 rings (SSSR count). The van der Waals surface area contributed by atoms with Gasteiger partial charge in [0.1, 0.15) is 5.75 Å². The number of benzene rings is 1. The van der Waals surface area contributed by atoms with Crippen LogP contribution < -0.4 is 15.6 Å². The molecule has 2 amide bonds. The van der Waals surface area contributed by atoms with Crippen LogP contribution in [-0.4, -0.2) is 28.4 Å². The summed E-state index contributed by atoms with van der Waals surface area (Å²) in [6, 6.07) is 5.69. The van der Waals surface area contributed by atoms with Gasteiger partial charge in [-0.3, -0.25) is 20.4 Å². The van der Waals surface area contributed by atoms with Crippen LogP contribution in [0.3, 0.4) is 0 Å². The maximum Gasteiger partial charge on any atom is 0.279 e. The summed E-state index contributed by atoms with van der Waals surface area (Å²) >= 11 is 1.51. The van der Waals surface area contributed by atoms with Crippen molar-refractivity contribution < 1.29 is 14.3 Å². The lowest BCUT2D eigenvalue weighted by Gasteiger charge is -2.19. The van der Waals surface area contributed by atoms with E-state index in [0.29, 0.717) is 5.75 Å². The van der Waals surface area contributed by atoms with Gasteiger partial charge in [-0.2, -0.15) is 0 Å². The lowest BCUT2D eigenvalue weighted by Crippen LogP contribution is -2.48. The van der Waals surface area contributed by atoms with Gasteiger partial charge in [-0.25, -0.2) is 0 Å². The molecule has 23 heavy (non-hydrogen) atoms. The lowest BCUT2D eigenvalue weighted by atomic mass is 10.1. The van der Waals surface area contributed by atoms with Crippen molar-refractivity contribution in [2.45, 2.75) is 52.4 Å². The van der Waals surface area contributed by atoms with Crippen molar-refractivity contribution in [1.29, 1.82) is 0 Å². The monoisotopic (exact) mass is 338 g/mol. The first-order valence-corrected chi connectivity index (χ1v) is 8.54. The maximum absolute atomic E-state index is 12.0. The molecule has 1 aromatic carbocycles. The molecule has 0 aromatic heterocycles. The summed E-state index contributed by atoms with van der Waals surface area (Å²) in [5.74, 6) is 0.329. The van der Waals surface area contributed by atoms with E-state index >= 15 is 0 Å². The molecule has 0 saturated heterocycles. The summed E-state index contributed by atoms with van der Waals surface area (Å²) in [5, 5.41) is 0. The van der Waals surface area contributed by atoms with Gasteiger partial charge >= 0.3 is 0 Å². The largest absolute Gasteiger partial charge is 0.481 e. The number of carbonyl (C=O) groups is 2. The highest BCUT2D eigenvalue weighted by atomic mass is 32.2. The molecule has 0 spiro atoms. The first-order chi connectivity index (χ1) is 10.6. The van der Waals surface area contributed by atoms with Crippen LogP contribution in [0.5, 0.6) is 5.75 Å². The number of thioether (sulfide) groups is 1. The van der Waals surface area contributed by atoms with E-state index in [9.17, 15) is 9.59 Å². The third-order valence-corrected chi connectivity index (χ3v) is 4.46. The Morgan fingerprint density at radius 3 is 2.48 bits per heavy atom. The number of rotatable bonds is 5. The van der Waals surface area contributed by atoms with Crippen molar-refractivity contribution >= 4 is 23.6 Å². The van der Waals surface area contributed by atoms with E-state index in [4.69, 9.17) is 4.74 Å². The normalized spacial score (nSPS) is 12.4. The molecular formula is C17H26N2O3S. The molecule has 0 heterocycles. The van der Waals surface area contributed by atoms with Crippen LogP contribution in [0.2, 0.25) is 0 Å². The smallest absolute Gasteiger partial charge is 0.279 e. The van der Waals surface area contributed by atoms with Crippen molar-refractivity contribution in [1.82, 2.24) is 10.9 Å². The zero-order valence-corrected chi connectivity index (χ0v) is 15.5. The zero-order chi connectivity index (χ0) is 17.6. The first-order valence-electron chi connectivity index (χ1n) is 7.55. The van der Waals surface area contributed by atoms with E-state index in [-0.39, 0.29) is 22.3 Å². The van der Waals surface area contributed by atoms with Crippen molar-refractivity contribution in [3.8, 4) is 5.75 Å².